The van der Waals surface area contributed by atoms with E-state index in [-0.39, 0.29) is 12.4 Å². The largest absolute Gasteiger partial charge is 0.496 e. The molecule has 0 bridgehead atoms. The first kappa shape index (κ1) is 15.7. The Morgan fingerprint density at radius 2 is 2.18 bits per heavy atom. The van der Waals surface area contributed by atoms with E-state index in [1.54, 1.807) is 26.2 Å². The number of aromatic nitrogens is 2. The average Bonchev–Trinajstić information content (AvgIpc) is 2.87. The number of methoxy groups -OCH3 is 1. The van der Waals surface area contributed by atoms with Crippen LogP contribution in [0.15, 0.2) is 30.5 Å². The third kappa shape index (κ3) is 3.50. The van der Waals surface area contributed by atoms with Crippen LogP contribution in [0.3, 0.4) is 0 Å². The number of hydrogen-bond acceptors (Lipinski definition) is 5. The molecule has 0 aliphatic heterocycles. The fourth-order valence-corrected chi connectivity index (χ4v) is 2.08. The molecule has 2 rings (SSSR count). The molecular formula is C15H17N3O4. The minimum absolute atomic E-state index is 0.0991. The van der Waals surface area contributed by atoms with Crippen LogP contribution in [0, 0.1) is 10.1 Å². The molecule has 7 heteroatoms. The molecule has 1 aromatic carbocycles. The fourth-order valence-electron chi connectivity index (χ4n) is 2.08. The first-order valence-corrected chi connectivity index (χ1v) is 6.72. The van der Waals surface area contributed by atoms with Gasteiger partial charge in [-0.1, -0.05) is 18.2 Å². The zero-order valence-electron chi connectivity index (χ0n) is 12.3. The van der Waals surface area contributed by atoms with Gasteiger partial charge in [0.1, 0.15) is 18.5 Å². The quantitative estimate of drug-likeness (QED) is 0.653. The SMILES string of the molecule is COc1ccccc1/C=C/c1ncc([N+](=O)[O-])n1CC(C)O. The molecule has 0 radical (unpaired) electrons. The van der Waals surface area contributed by atoms with Crippen molar-refractivity contribution < 1.29 is 14.8 Å². The molecule has 7 nitrogen and oxygen atoms in total. The fraction of sp³-hybridized carbons (Fsp3) is 0.267. The van der Waals surface area contributed by atoms with Gasteiger partial charge in [0.2, 0.25) is 5.82 Å². The molecule has 0 fully saturated rings. The van der Waals surface area contributed by atoms with Gasteiger partial charge in [-0.25, -0.2) is 9.55 Å². The minimum atomic E-state index is -0.716. The molecule has 1 N–H and O–H groups in total. The van der Waals surface area contributed by atoms with Crippen molar-refractivity contribution in [3.63, 3.8) is 0 Å². The van der Waals surface area contributed by atoms with E-state index < -0.39 is 11.0 Å². The predicted molar refractivity (Wildman–Crippen MR) is 82.5 cm³/mol. The Morgan fingerprint density at radius 3 is 2.82 bits per heavy atom. The molecule has 1 unspecified atom stereocenters. The Hall–Kier alpha value is -2.67. The maximum atomic E-state index is 11.0. The number of para-hydroxylation sites is 1. The predicted octanol–water partition coefficient (Wildman–Crippen LogP) is 2.35. The summed E-state index contributed by atoms with van der Waals surface area (Å²) in [5.41, 5.74) is 0.833. The zero-order valence-corrected chi connectivity index (χ0v) is 12.3. The lowest BCUT2D eigenvalue weighted by atomic mass is 10.2. The normalized spacial score (nSPS) is 12.5. The van der Waals surface area contributed by atoms with E-state index in [4.69, 9.17) is 4.74 Å². The van der Waals surface area contributed by atoms with Gasteiger partial charge in [-0.2, -0.15) is 0 Å². The van der Waals surface area contributed by atoms with Gasteiger partial charge in [0, 0.05) is 11.6 Å². The number of benzene rings is 1. The minimum Gasteiger partial charge on any atom is -0.496 e. The number of nitrogens with zero attached hydrogens (tertiary/aromatic N) is 3. The van der Waals surface area contributed by atoms with Crippen molar-refractivity contribution in [2.24, 2.45) is 0 Å². The summed E-state index contributed by atoms with van der Waals surface area (Å²) in [6.45, 7) is 1.67. The average molecular weight is 303 g/mol. The zero-order chi connectivity index (χ0) is 16.1. The molecular weight excluding hydrogens is 286 g/mol. The molecule has 0 spiro atoms. The van der Waals surface area contributed by atoms with E-state index in [0.717, 1.165) is 5.56 Å². The molecule has 0 amide bonds. The number of hydrogen-bond donors (Lipinski definition) is 1. The highest BCUT2D eigenvalue weighted by Crippen LogP contribution is 2.21. The summed E-state index contributed by atoms with van der Waals surface area (Å²) in [6.07, 6.45) is 3.90. The van der Waals surface area contributed by atoms with Crippen LogP contribution in [0.4, 0.5) is 5.82 Å². The van der Waals surface area contributed by atoms with Crippen molar-refractivity contribution in [2.75, 3.05) is 7.11 Å². The van der Waals surface area contributed by atoms with Gasteiger partial charge < -0.3 is 20.0 Å². The van der Waals surface area contributed by atoms with Gasteiger partial charge >= 0.3 is 5.82 Å². The van der Waals surface area contributed by atoms with Crippen LogP contribution in [0.5, 0.6) is 5.75 Å². The van der Waals surface area contributed by atoms with E-state index in [2.05, 4.69) is 4.98 Å². The Morgan fingerprint density at radius 1 is 1.45 bits per heavy atom. The molecule has 1 aromatic heterocycles. The number of nitro groups is 1. The number of aliphatic hydroxyl groups is 1. The summed E-state index contributed by atoms with van der Waals surface area (Å²) in [5.74, 6) is 0.945. The first-order chi connectivity index (χ1) is 10.5. The molecule has 2 aromatic rings. The van der Waals surface area contributed by atoms with Gasteiger partial charge in [0.15, 0.2) is 0 Å². The lowest BCUT2D eigenvalue weighted by Crippen LogP contribution is -2.14. The third-order valence-electron chi connectivity index (χ3n) is 3.05. The lowest BCUT2D eigenvalue weighted by Gasteiger charge is -2.05. The maximum absolute atomic E-state index is 11.0. The van der Waals surface area contributed by atoms with Crippen LogP contribution in [-0.4, -0.2) is 32.8 Å². The van der Waals surface area contributed by atoms with Crippen molar-refractivity contribution in [3.05, 3.63) is 52.0 Å². The van der Waals surface area contributed by atoms with Crippen LogP contribution >= 0.6 is 0 Å². The number of imidazole rings is 1. The van der Waals surface area contributed by atoms with Gasteiger partial charge in [0.05, 0.1) is 13.2 Å². The van der Waals surface area contributed by atoms with E-state index >= 15 is 0 Å². The van der Waals surface area contributed by atoms with E-state index in [0.29, 0.717) is 11.6 Å². The Bertz CT molecular complexity index is 692. The summed E-state index contributed by atoms with van der Waals surface area (Å²) in [4.78, 5) is 14.5. The van der Waals surface area contributed by atoms with E-state index in [1.165, 1.54) is 10.8 Å². The Kier molecular flexibility index (Phi) is 4.90. The van der Waals surface area contributed by atoms with E-state index in [1.807, 2.05) is 24.3 Å². The van der Waals surface area contributed by atoms with Gasteiger partial charge in [0.25, 0.3) is 0 Å². The van der Waals surface area contributed by atoms with Crippen LogP contribution in [0.25, 0.3) is 12.2 Å². The van der Waals surface area contributed by atoms with Crippen molar-refractivity contribution in [2.45, 2.75) is 19.6 Å². The second-order valence-corrected chi connectivity index (χ2v) is 4.77. The highest BCUT2D eigenvalue weighted by atomic mass is 16.6. The van der Waals surface area contributed by atoms with Gasteiger partial charge in [-0.15, -0.1) is 0 Å². The van der Waals surface area contributed by atoms with Crippen molar-refractivity contribution in [1.82, 2.24) is 9.55 Å². The maximum Gasteiger partial charge on any atom is 0.343 e. The topological polar surface area (TPSA) is 90.4 Å². The molecule has 1 atom stereocenters. The number of ether oxygens (including phenoxy) is 1. The highest BCUT2D eigenvalue weighted by molar-refractivity contribution is 5.70. The highest BCUT2D eigenvalue weighted by Gasteiger charge is 2.19. The van der Waals surface area contributed by atoms with Crippen molar-refractivity contribution in [3.8, 4) is 5.75 Å². The molecule has 0 saturated carbocycles. The smallest absolute Gasteiger partial charge is 0.343 e. The van der Waals surface area contributed by atoms with Crippen molar-refractivity contribution >= 4 is 18.0 Å². The Labute approximate surface area is 127 Å². The molecule has 1 heterocycles. The lowest BCUT2D eigenvalue weighted by molar-refractivity contribution is -0.392. The van der Waals surface area contributed by atoms with E-state index in [9.17, 15) is 15.2 Å². The number of rotatable bonds is 6. The molecule has 0 aliphatic rings. The van der Waals surface area contributed by atoms with Gasteiger partial charge in [-0.3, -0.25) is 0 Å². The second-order valence-electron chi connectivity index (χ2n) is 4.77. The number of aliphatic hydroxyl groups excluding tert-OH is 1. The van der Waals surface area contributed by atoms with Crippen LogP contribution in [0.2, 0.25) is 0 Å². The van der Waals surface area contributed by atoms with Gasteiger partial charge in [-0.05, 0) is 24.0 Å². The monoisotopic (exact) mass is 303 g/mol. The summed E-state index contributed by atoms with van der Waals surface area (Å²) < 4.78 is 6.62. The Balaban J connectivity index is 2.36. The summed E-state index contributed by atoms with van der Waals surface area (Å²) >= 11 is 0. The second kappa shape index (κ2) is 6.86. The van der Waals surface area contributed by atoms with Crippen LogP contribution < -0.4 is 4.74 Å². The summed E-state index contributed by atoms with van der Waals surface area (Å²) in [5, 5.41) is 20.5. The molecule has 0 aliphatic carbocycles. The summed E-state index contributed by atoms with van der Waals surface area (Å²) in [7, 11) is 1.58. The van der Waals surface area contributed by atoms with Crippen LogP contribution in [-0.2, 0) is 6.54 Å². The molecule has 0 saturated heterocycles. The summed E-state index contributed by atoms with van der Waals surface area (Å²) in [6, 6.07) is 7.42. The van der Waals surface area contributed by atoms with Crippen molar-refractivity contribution in [1.29, 1.82) is 0 Å². The molecule has 116 valence electrons. The van der Waals surface area contributed by atoms with Crippen LogP contribution in [0.1, 0.15) is 18.3 Å². The standard InChI is InChI=1S/C15H17N3O4/c1-11(19)10-17-14(16-9-15(17)18(20)21)8-7-12-5-3-4-6-13(12)22-2/h3-9,11,19H,10H2,1-2H3/b8-7+. The molecule has 22 heavy (non-hydrogen) atoms. The third-order valence-corrected chi connectivity index (χ3v) is 3.05. The first-order valence-electron chi connectivity index (χ1n) is 6.72.